The third kappa shape index (κ3) is 4.97. The molecule has 1 aromatic carbocycles. The van der Waals surface area contributed by atoms with Crippen LogP contribution in [0.4, 0.5) is 5.82 Å². The molecule has 0 saturated carbocycles. The summed E-state index contributed by atoms with van der Waals surface area (Å²) < 4.78 is 19.4. The van der Waals surface area contributed by atoms with E-state index < -0.39 is 32.7 Å². The Morgan fingerprint density at radius 1 is 1.14 bits per heavy atom. The van der Waals surface area contributed by atoms with Crippen LogP contribution in [-0.2, 0) is 18.7 Å². The van der Waals surface area contributed by atoms with Crippen molar-refractivity contribution in [1.82, 2.24) is 19.5 Å². The molecule has 186 valence electrons. The fourth-order valence-electron chi connectivity index (χ4n) is 3.73. The van der Waals surface area contributed by atoms with Gasteiger partial charge in [-0.15, -0.1) is 0 Å². The van der Waals surface area contributed by atoms with E-state index in [1.165, 1.54) is 13.4 Å². The highest BCUT2D eigenvalue weighted by Gasteiger charge is 2.48. The minimum atomic E-state index is -2.18. The van der Waals surface area contributed by atoms with Crippen molar-refractivity contribution in [1.29, 1.82) is 0 Å². The molecule has 1 N–H and O–H groups in total. The Bertz CT molecular complexity index is 1220. The number of fused-ring (bicyclic) bond motifs is 1. The first-order valence-corrected chi connectivity index (χ1v) is 14.4. The number of carbonyl (C=O) groups is 2. The van der Waals surface area contributed by atoms with Gasteiger partial charge in [0.1, 0.15) is 12.6 Å². The molecule has 3 atom stereocenters. The molecule has 1 aliphatic rings. The lowest BCUT2D eigenvalue weighted by atomic mass is 10.2. The Morgan fingerprint density at radius 2 is 1.86 bits per heavy atom. The van der Waals surface area contributed by atoms with Crippen LogP contribution in [0, 0.1) is 0 Å². The molecule has 0 aliphatic carbocycles. The first-order valence-electron chi connectivity index (χ1n) is 11.5. The average Bonchev–Trinajstić information content (AvgIpc) is 3.43. The molecular weight excluding hydrogens is 466 g/mol. The van der Waals surface area contributed by atoms with Crippen LogP contribution in [0.5, 0.6) is 0 Å². The topological polar surface area (TPSA) is 117 Å². The number of amides is 1. The molecule has 0 bridgehead atoms. The minimum Gasteiger partial charge on any atom is -0.467 e. The quantitative estimate of drug-likeness (QED) is 0.402. The van der Waals surface area contributed by atoms with Crippen molar-refractivity contribution in [2.45, 2.75) is 63.8 Å². The second-order valence-electron chi connectivity index (χ2n) is 10.1. The molecule has 1 amide bonds. The summed E-state index contributed by atoms with van der Waals surface area (Å²) in [5.74, 6) is -0.490. The highest BCUT2D eigenvalue weighted by molar-refractivity contribution is 6.74. The summed E-state index contributed by atoms with van der Waals surface area (Å²) in [4.78, 5) is 38.2. The molecule has 10 nitrogen and oxygen atoms in total. The van der Waals surface area contributed by atoms with Gasteiger partial charge in [-0.05, 0) is 30.3 Å². The smallest absolute Gasteiger partial charge is 0.337 e. The van der Waals surface area contributed by atoms with E-state index >= 15 is 0 Å². The Labute approximate surface area is 205 Å². The van der Waals surface area contributed by atoms with Gasteiger partial charge in [0.15, 0.2) is 31.4 Å². The largest absolute Gasteiger partial charge is 0.467 e. The van der Waals surface area contributed by atoms with E-state index in [0.29, 0.717) is 29.0 Å². The van der Waals surface area contributed by atoms with E-state index in [4.69, 9.17) is 13.9 Å². The fourth-order valence-corrected chi connectivity index (χ4v) is 5.06. The summed E-state index contributed by atoms with van der Waals surface area (Å²) in [6, 6.07) is 8.85. The van der Waals surface area contributed by atoms with Crippen molar-refractivity contribution in [3.63, 3.8) is 0 Å². The van der Waals surface area contributed by atoms with E-state index in [1.54, 1.807) is 35.2 Å². The summed E-state index contributed by atoms with van der Waals surface area (Å²) in [6.07, 6.45) is 1.47. The van der Waals surface area contributed by atoms with E-state index in [-0.39, 0.29) is 10.9 Å². The first-order chi connectivity index (χ1) is 16.5. The van der Waals surface area contributed by atoms with Crippen LogP contribution in [0.25, 0.3) is 11.2 Å². The highest BCUT2D eigenvalue weighted by Crippen LogP contribution is 2.41. The normalized spacial score (nSPS) is 20.7. The van der Waals surface area contributed by atoms with Crippen molar-refractivity contribution in [3.8, 4) is 0 Å². The third-order valence-electron chi connectivity index (χ3n) is 6.70. The third-order valence-corrected chi connectivity index (χ3v) is 11.2. The molecule has 4 rings (SSSR count). The Hall–Kier alpha value is -3.15. The van der Waals surface area contributed by atoms with Gasteiger partial charge in [0.2, 0.25) is 0 Å². The van der Waals surface area contributed by atoms with E-state index in [9.17, 15) is 9.59 Å². The number of nitrogens with one attached hydrogen (secondary N) is 1. The van der Waals surface area contributed by atoms with Crippen molar-refractivity contribution in [2.24, 2.45) is 0 Å². The molecule has 0 spiro atoms. The summed E-state index contributed by atoms with van der Waals surface area (Å²) in [6.45, 7) is 10.7. The molecule has 3 heterocycles. The van der Waals surface area contributed by atoms with Gasteiger partial charge < -0.3 is 19.2 Å². The highest BCUT2D eigenvalue weighted by atomic mass is 28.4. The van der Waals surface area contributed by atoms with Crippen LogP contribution < -0.4 is 5.32 Å². The lowest BCUT2D eigenvalue weighted by Crippen LogP contribution is -2.47. The number of ether oxygens (including phenoxy) is 2. The summed E-state index contributed by atoms with van der Waals surface area (Å²) in [7, 11) is -0.847. The number of esters is 1. The number of nitrogens with zero attached hydrogens (tertiary/aromatic N) is 4. The van der Waals surface area contributed by atoms with Crippen molar-refractivity contribution in [3.05, 3.63) is 48.5 Å². The van der Waals surface area contributed by atoms with E-state index in [0.717, 1.165) is 0 Å². The number of imidazole rings is 1. The number of methoxy groups -OCH3 is 1. The number of rotatable bonds is 6. The molecule has 0 radical (unpaired) electrons. The zero-order chi connectivity index (χ0) is 25.4. The zero-order valence-electron chi connectivity index (χ0n) is 20.8. The van der Waals surface area contributed by atoms with Gasteiger partial charge in [-0.2, -0.15) is 0 Å². The maximum absolute atomic E-state index is 12.6. The minimum absolute atomic E-state index is 0.0352. The number of anilines is 1. The second kappa shape index (κ2) is 9.48. The lowest BCUT2D eigenvalue weighted by Gasteiger charge is -2.38. The van der Waals surface area contributed by atoms with Crippen LogP contribution in [0.15, 0.2) is 43.0 Å². The Kier molecular flexibility index (Phi) is 6.76. The number of aromatic nitrogens is 4. The van der Waals surface area contributed by atoms with Crippen LogP contribution in [-0.4, -0.2) is 59.0 Å². The zero-order valence-corrected chi connectivity index (χ0v) is 21.8. The molecule has 11 heteroatoms. The standard InChI is InChI=1S/C24H31N5O5Si/c1-24(2,3)35(5,6)34-16-12-17(33-19(16)23(31)32-4)29-14-27-18-20(25-13-26-21(18)29)28-22(30)15-10-8-7-9-11-15/h7-11,13-14,16-17,19H,12H2,1-6H3,(H,25,26,28,30)/t16-,17-,19+/m1/s1. The molecular formula is C24H31N5O5Si. The van der Waals surface area contributed by atoms with E-state index in [2.05, 4.69) is 54.1 Å². The molecule has 3 aromatic rings. The Morgan fingerprint density at radius 3 is 2.51 bits per heavy atom. The molecule has 1 fully saturated rings. The number of benzene rings is 1. The van der Waals surface area contributed by atoms with Gasteiger partial charge in [0, 0.05) is 12.0 Å². The van der Waals surface area contributed by atoms with Gasteiger partial charge in [-0.1, -0.05) is 39.0 Å². The van der Waals surface area contributed by atoms with Crippen LogP contribution in [0.1, 0.15) is 43.8 Å². The number of hydrogen-bond acceptors (Lipinski definition) is 8. The molecule has 1 aliphatic heterocycles. The Balaban J connectivity index is 1.61. The van der Waals surface area contributed by atoms with Gasteiger partial charge in [-0.3, -0.25) is 9.36 Å². The predicted molar refractivity (Wildman–Crippen MR) is 132 cm³/mol. The van der Waals surface area contributed by atoms with Crippen LogP contribution in [0.3, 0.4) is 0 Å². The molecule has 35 heavy (non-hydrogen) atoms. The van der Waals surface area contributed by atoms with Gasteiger partial charge in [0.25, 0.3) is 5.91 Å². The van der Waals surface area contributed by atoms with Gasteiger partial charge in [0.05, 0.1) is 19.5 Å². The maximum Gasteiger partial charge on any atom is 0.337 e. The van der Waals surface area contributed by atoms with Crippen LogP contribution in [0.2, 0.25) is 18.1 Å². The molecule has 0 unspecified atom stereocenters. The van der Waals surface area contributed by atoms with Crippen LogP contribution >= 0.6 is 0 Å². The number of hydrogen-bond donors (Lipinski definition) is 1. The van der Waals surface area contributed by atoms with Crippen molar-refractivity contribution < 1.29 is 23.5 Å². The predicted octanol–water partition coefficient (Wildman–Crippen LogP) is 3.93. The summed E-state index contributed by atoms with van der Waals surface area (Å²) in [5, 5.41) is 2.76. The van der Waals surface area contributed by atoms with Gasteiger partial charge >= 0.3 is 5.97 Å². The summed E-state index contributed by atoms with van der Waals surface area (Å²) >= 11 is 0. The monoisotopic (exact) mass is 497 g/mol. The molecule has 1 saturated heterocycles. The second-order valence-corrected chi connectivity index (χ2v) is 14.8. The molecule has 2 aromatic heterocycles. The van der Waals surface area contributed by atoms with Crippen molar-refractivity contribution >= 4 is 37.2 Å². The van der Waals surface area contributed by atoms with E-state index in [1.807, 2.05) is 6.07 Å². The lowest BCUT2D eigenvalue weighted by molar-refractivity contribution is -0.158. The SMILES string of the molecule is COC(=O)[C@H]1O[C@@H](n2cnc3c(NC(=O)c4ccccc4)ncnc32)C[C@H]1O[Si](C)(C)C(C)(C)C. The number of carbonyl (C=O) groups excluding carboxylic acids is 2. The van der Waals surface area contributed by atoms with Gasteiger partial charge in [-0.25, -0.2) is 19.7 Å². The summed E-state index contributed by atoms with van der Waals surface area (Å²) in [5.41, 5.74) is 1.40. The fraction of sp³-hybridized carbons (Fsp3) is 0.458. The van der Waals surface area contributed by atoms with Crippen molar-refractivity contribution in [2.75, 3.05) is 12.4 Å². The first kappa shape index (κ1) is 25.0. The average molecular weight is 498 g/mol. The maximum atomic E-state index is 12.6.